The van der Waals surface area contributed by atoms with Crippen molar-refractivity contribution in [3.05, 3.63) is 114 Å². The zero-order valence-electron chi connectivity index (χ0n) is 19.7. The van der Waals surface area contributed by atoms with Crippen molar-refractivity contribution in [2.24, 2.45) is 0 Å². The lowest BCUT2D eigenvalue weighted by Crippen LogP contribution is -2.47. The predicted molar refractivity (Wildman–Crippen MR) is 135 cm³/mol. The van der Waals surface area contributed by atoms with Crippen LogP contribution in [0.2, 0.25) is 0 Å². The second-order valence-electron chi connectivity index (χ2n) is 8.96. The first kappa shape index (κ1) is 23.3. The summed E-state index contributed by atoms with van der Waals surface area (Å²) in [5, 5.41) is 4.39. The van der Waals surface area contributed by atoms with Gasteiger partial charge in [0.25, 0.3) is 0 Å². The van der Waals surface area contributed by atoms with E-state index in [9.17, 15) is 4.21 Å². The highest BCUT2D eigenvalue weighted by atomic mass is 32.2. The van der Waals surface area contributed by atoms with E-state index in [2.05, 4.69) is 9.82 Å². The SMILES string of the molecule is COCC1(C)Cn2ncc(S(=N)(=O)NC(c3ccccc3)(c3ccccc3)c3ccccc3)c2O1. The minimum absolute atomic E-state index is 0.212. The third kappa shape index (κ3) is 4.14. The lowest BCUT2D eigenvalue weighted by Gasteiger charge is -2.37. The van der Waals surface area contributed by atoms with Crippen LogP contribution in [0.1, 0.15) is 23.6 Å². The minimum atomic E-state index is -3.61. The van der Waals surface area contributed by atoms with Gasteiger partial charge in [0, 0.05) is 7.11 Å². The number of hydrogen-bond acceptors (Lipinski definition) is 5. The first-order valence-corrected chi connectivity index (χ1v) is 12.9. The maximum absolute atomic E-state index is 14.3. The Bertz CT molecular complexity index is 1310. The molecule has 2 heterocycles. The summed E-state index contributed by atoms with van der Waals surface area (Å²) in [5.41, 5.74) is 0.896. The number of fused-ring (bicyclic) bond motifs is 1. The number of nitrogens with one attached hydrogen (secondary N) is 2. The Balaban J connectivity index is 1.68. The van der Waals surface area contributed by atoms with E-state index in [0.29, 0.717) is 19.0 Å². The van der Waals surface area contributed by atoms with E-state index in [4.69, 9.17) is 14.3 Å². The quantitative estimate of drug-likeness (QED) is 0.355. The summed E-state index contributed by atoms with van der Waals surface area (Å²) in [6.45, 7) is 2.72. The third-order valence-electron chi connectivity index (χ3n) is 6.26. The highest BCUT2D eigenvalue weighted by Gasteiger charge is 2.43. The van der Waals surface area contributed by atoms with Gasteiger partial charge in [-0.2, -0.15) is 5.10 Å². The zero-order valence-corrected chi connectivity index (χ0v) is 20.5. The van der Waals surface area contributed by atoms with Crippen molar-refractivity contribution in [2.75, 3.05) is 13.7 Å². The average Bonchev–Trinajstić information content (AvgIpc) is 3.41. The van der Waals surface area contributed by atoms with Crippen LogP contribution >= 0.6 is 0 Å². The van der Waals surface area contributed by atoms with Crippen LogP contribution in [-0.2, 0) is 26.7 Å². The molecule has 3 aromatic carbocycles. The fraction of sp³-hybridized carbons (Fsp3) is 0.222. The molecule has 0 amide bonds. The second kappa shape index (κ2) is 8.96. The van der Waals surface area contributed by atoms with E-state index in [1.165, 1.54) is 6.20 Å². The van der Waals surface area contributed by atoms with Crippen LogP contribution in [0, 0.1) is 4.78 Å². The molecule has 2 atom stereocenters. The van der Waals surface area contributed by atoms with Gasteiger partial charge < -0.3 is 9.47 Å². The summed E-state index contributed by atoms with van der Waals surface area (Å²) in [4.78, 5) is 0.212. The van der Waals surface area contributed by atoms with Crippen LogP contribution in [0.4, 0.5) is 0 Å². The topological polar surface area (TPSA) is 89.2 Å². The van der Waals surface area contributed by atoms with Gasteiger partial charge in [-0.3, -0.25) is 0 Å². The highest BCUT2D eigenvalue weighted by Crippen LogP contribution is 2.41. The Labute approximate surface area is 205 Å². The van der Waals surface area contributed by atoms with Crippen molar-refractivity contribution in [1.82, 2.24) is 14.5 Å². The second-order valence-corrected chi connectivity index (χ2v) is 10.7. The highest BCUT2D eigenvalue weighted by molar-refractivity contribution is 7.90. The van der Waals surface area contributed by atoms with E-state index in [1.807, 2.05) is 97.9 Å². The van der Waals surface area contributed by atoms with Crippen molar-refractivity contribution < 1.29 is 13.7 Å². The number of nitrogens with zero attached hydrogens (tertiary/aromatic N) is 2. The van der Waals surface area contributed by atoms with Gasteiger partial charge in [-0.1, -0.05) is 91.0 Å². The average molecular weight is 489 g/mol. The molecular formula is C27H28N4O3S. The zero-order chi connectivity index (χ0) is 24.5. The van der Waals surface area contributed by atoms with Gasteiger partial charge >= 0.3 is 0 Å². The molecule has 0 aliphatic carbocycles. The van der Waals surface area contributed by atoms with Gasteiger partial charge in [-0.25, -0.2) is 18.4 Å². The van der Waals surface area contributed by atoms with Gasteiger partial charge in [0.1, 0.15) is 20.3 Å². The third-order valence-corrected chi connectivity index (χ3v) is 7.76. The van der Waals surface area contributed by atoms with E-state index < -0.39 is 21.1 Å². The molecule has 1 aromatic heterocycles. The Hall–Kier alpha value is -3.46. The summed E-state index contributed by atoms with van der Waals surface area (Å²) in [7, 11) is -2.00. The number of rotatable bonds is 8. The van der Waals surface area contributed by atoms with E-state index >= 15 is 0 Å². The Morgan fingerprint density at radius 3 is 1.94 bits per heavy atom. The molecule has 1 aliphatic rings. The van der Waals surface area contributed by atoms with Crippen LogP contribution in [-0.4, -0.2) is 33.3 Å². The smallest absolute Gasteiger partial charge is 0.231 e. The Kier molecular flexibility index (Phi) is 5.96. The number of ether oxygens (including phenoxy) is 2. The van der Waals surface area contributed by atoms with Crippen molar-refractivity contribution in [3.8, 4) is 5.88 Å². The molecule has 35 heavy (non-hydrogen) atoms. The number of benzene rings is 3. The Morgan fingerprint density at radius 1 is 1.00 bits per heavy atom. The maximum Gasteiger partial charge on any atom is 0.231 e. The number of hydrogen-bond donors (Lipinski definition) is 2. The fourth-order valence-corrected chi connectivity index (χ4v) is 6.23. The van der Waals surface area contributed by atoms with Crippen LogP contribution in [0.15, 0.2) is 102 Å². The van der Waals surface area contributed by atoms with E-state index in [-0.39, 0.29) is 4.90 Å². The minimum Gasteiger partial charge on any atom is -0.466 e. The number of methoxy groups -OCH3 is 1. The summed E-state index contributed by atoms with van der Waals surface area (Å²) in [6.07, 6.45) is 1.47. The molecule has 2 N–H and O–H groups in total. The first-order chi connectivity index (χ1) is 16.9. The molecule has 2 unspecified atom stereocenters. The molecule has 0 bridgehead atoms. The molecule has 180 valence electrons. The molecule has 0 saturated heterocycles. The molecule has 0 radical (unpaired) electrons. The van der Waals surface area contributed by atoms with Gasteiger partial charge in [0.15, 0.2) is 5.60 Å². The molecule has 4 aromatic rings. The fourth-order valence-electron chi connectivity index (χ4n) is 4.74. The van der Waals surface area contributed by atoms with E-state index in [1.54, 1.807) is 11.8 Å². The van der Waals surface area contributed by atoms with Gasteiger partial charge in [0.05, 0.1) is 19.3 Å². The molecule has 8 heteroatoms. The van der Waals surface area contributed by atoms with Crippen LogP contribution in [0.25, 0.3) is 0 Å². The van der Waals surface area contributed by atoms with Crippen LogP contribution in [0.5, 0.6) is 5.88 Å². The summed E-state index contributed by atoms with van der Waals surface area (Å²) < 4.78 is 39.8. The largest absolute Gasteiger partial charge is 0.466 e. The molecule has 1 aliphatic heterocycles. The van der Waals surface area contributed by atoms with E-state index in [0.717, 1.165) is 16.7 Å². The van der Waals surface area contributed by atoms with Crippen LogP contribution < -0.4 is 9.46 Å². The first-order valence-electron chi connectivity index (χ1n) is 11.4. The standard InChI is InChI=1S/C27H28N4O3S/c1-26(20-33-2)19-31-25(34-26)24(18-29-31)35(28,32)30-27(21-12-6-3-7-13-21,22-14-8-4-9-15-22)23-16-10-5-11-17-23/h3-18H,19-20H2,1-2H3,(H2,28,30,32). The predicted octanol–water partition coefficient (Wildman–Crippen LogP) is 4.58. The monoisotopic (exact) mass is 488 g/mol. The molecule has 7 nitrogen and oxygen atoms in total. The molecular weight excluding hydrogens is 460 g/mol. The molecule has 5 rings (SSSR count). The van der Waals surface area contributed by atoms with Crippen molar-refractivity contribution in [2.45, 2.75) is 29.5 Å². The van der Waals surface area contributed by atoms with Crippen molar-refractivity contribution >= 4 is 9.92 Å². The van der Waals surface area contributed by atoms with Crippen molar-refractivity contribution in [1.29, 1.82) is 4.78 Å². The van der Waals surface area contributed by atoms with Gasteiger partial charge in [-0.05, 0) is 23.6 Å². The van der Waals surface area contributed by atoms with Crippen LogP contribution in [0.3, 0.4) is 0 Å². The van der Waals surface area contributed by atoms with Crippen molar-refractivity contribution in [3.63, 3.8) is 0 Å². The molecule has 0 spiro atoms. The summed E-state index contributed by atoms with van der Waals surface area (Å²) in [6, 6.07) is 29.4. The summed E-state index contributed by atoms with van der Waals surface area (Å²) >= 11 is 0. The molecule has 0 saturated carbocycles. The van der Waals surface area contributed by atoms with Gasteiger partial charge in [0.2, 0.25) is 5.88 Å². The Morgan fingerprint density at radius 2 is 1.49 bits per heavy atom. The normalized spacial score (nSPS) is 19.0. The lowest BCUT2D eigenvalue weighted by molar-refractivity contribution is 0.0165. The lowest BCUT2D eigenvalue weighted by atomic mass is 9.78. The number of aromatic nitrogens is 2. The molecule has 0 fully saturated rings. The van der Waals surface area contributed by atoms with Gasteiger partial charge in [-0.15, -0.1) is 0 Å². The summed E-state index contributed by atoms with van der Waals surface area (Å²) in [5.74, 6) is 0.333. The maximum atomic E-state index is 14.3.